The summed E-state index contributed by atoms with van der Waals surface area (Å²) >= 11 is 0. The normalized spacial score (nSPS) is 19.3. The Hall–Kier alpha value is -2.30. The summed E-state index contributed by atoms with van der Waals surface area (Å²) in [5, 5.41) is 2.85. The van der Waals surface area contributed by atoms with Gasteiger partial charge in [-0.3, -0.25) is 0 Å². The molecule has 2 atom stereocenters. The fourth-order valence-corrected chi connectivity index (χ4v) is 14.8. The van der Waals surface area contributed by atoms with Gasteiger partial charge in [-0.1, -0.05) is 128 Å². The summed E-state index contributed by atoms with van der Waals surface area (Å²) in [5.41, 5.74) is 3.90. The molecule has 0 aliphatic carbocycles. The van der Waals surface area contributed by atoms with E-state index < -0.39 is 15.5 Å². The average Bonchev–Trinajstić information content (AvgIpc) is 3.28. The summed E-state index contributed by atoms with van der Waals surface area (Å²) in [7, 11) is -2.58. The first-order valence-electron chi connectivity index (χ1n) is 12.7. The molecule has 1 nitrogen and oxygen atoms in total. The number of benzene rings is 4. The molecule has 4 aromatic carbocycles. The van der Waals surface area contributed by atoms with Gasteiger partial charge in [0, 0.05) is 6.54 Å². The minimum absolute atomic E-state index is 0.484. The topological polar surface area (TPSA) is 3.24 Å². The molecule has 1 aliphatic rings. The molecule has 1 heterocycles. The lowest BCUT2D eigenvalue weighted by Crippen LogP contribution is -2.31. The van der Waals surface area contributed by atoms with Crippen LogP contribution >= 0.6 is 15.5 Å². The fraction of sp³-hybridized carbons (Fsp3) is 0.219. The molecule has 0 N–H and O–H groups in total. The highest BCUT2D eigenvalue weighted by atomic mass is 31.2. The molecule has 0 spiro atoms. The van der Waals surface area contributed by atoms with Crippen molar-refractivity contribution in [1.29, 1.82) is 0 Å². The quantitative estimate of drug-likeness (QED) is 0.174. The molecular formula is C32H35NP2. The van der Waals surface area contributed by atoms with Crippen molar-refractivity contribution in [2.75, 3.05) is 6.54 Å². The molecule has 0 unspecified atom stereocenters. The first kappa shape index (κ1) is 24.4. The van der Waals surface area contributed by atoms with Crippen molar-refractivity contribution in [3.8, 4) is 0 Å². The van der Waals surface area contributed by atoms with Gasteiger partial charge < -0.3 is 0 Å². The van der Waals surface area contributed by atoms with Gasteiger partial charge in [-0.25, -0.2) is 0 Å². The Balaban J connectivity index is 1.71. The standard InChI is InChI=1S/C32H35NP2/c1-3-26-33(34(29-20-12-6-13-21-29)30-22-14-7-15-23-30)35(2)31(27-16-8-4-9-17-27)24-25-32(35)28-18-10-5-11-19-28/h4-23,31-32H,2-3,24-26H2,1H3/t31-,32-/m1/s1. The predicted molar refractivity (Wildman–Crippen MR) is 156 cm³/mol. The lowest BCUT2D eigenvalue weighted by molar-refractivity contribution is 0.661. The molecule has 1 saturated heterocycles. The van der Waals surface area contributed by atoms with Gasteiger partial charge in [-0.2, -0.15) is 11.1 Å². The molecule has 5 rings (SSSR count). The maximum absolute atomic E-state index is 5.33. The molecule has 0 amide bonds. The van der Waals surface area contributed by atoms with Crippen LogP contribution in [0.3, 0.4) is 0 Å². The summed E-state index contributed by atoms with van der Waals surface area (Å²) in [4.78, 5) is 0. The van der Waals surface area contributed by atoms with E-state index in [1.54, 1.807) is 0 Å². The van der Waals surface area contributed by atoms with Gasteiger partial charge in [0.2, 0.25) is 0 Å². The van der Waals surface area contributed by atoms with Crippen molar-refractivity contribution in [2.24, 2.45) is 0 Å². The maximum atomic E-state index is 5.33. The molecule has 3 heteroatoms. The highest BCUT2D eigenvalue weighted by molar-refractivity contribution is 7.87. The Morgan fingerprint density at radius 1 is 0.657 bits per heavy atom. The first-order chi connectivity index (χ1) is 17.2. The van der Waals surface area contributed by atoms with Crippen molar-refractivity contribution < 1.29 is 0 Å². The van der Waals surface area contributed by atoms with Crippen LogP contribution in [0, 0.1) is 6.66 Å². The maximum Gasteiger partial charge on any atom is 0.0845 e. The smallest absolute Gasteiger partial charge is 0.0845 e. The zero-order valence-corrected chi connectivity index (χ0v) is 22.4. The molecule has 0 saturated carbocycles. The Morgan fingerprint density at radius 3 is 1.40 bits per heavy atom. The summed E-state index contributed by atoms with van der Waals surface area (Å²) < 4.78 is 2.93. The minimum atomic E-state index is -1.89. The Labute approximate surface area is 213 Å². The highest BCUT2D eigenvalue weighted by Crippen LogP contribution is 2.88. The summed E-state index contributed by atoms with van der Waals surface area (Å²) in [5.74, 6) is 0. The zero-order chi connectivity index (χ0) is 24.1. The molecule has 4 aromatic rings. The van der Waals surface area contributed by atoms with E-state index in [0.717, 1.165) is 13.0 Å². The van der Waals surface area contributed by atoms with Crippen LogP contribution in [0.1, 0.15) is 48.6 Å². The summed E-state index contributed by atoms with van der Waals surface area (Å²) in [6.07, 6.45) is 3.53. The predicted octanol–water partition coefficient (Wildman–Crippen LogP) is 8.75. The van der Waals surface area contributed by atoms with Crippen LogP contribution < -0.4 is 10.6 Å². The van der Waals surface area contributed by atoms with Crippen LogP contribution in [-0.4, -0.2) is 11.0 Å². The van der Waals surface area contributed by atoms with Gasteiger partial charge in [-0.15, -0.1) is 0 Å². The average molecular weight is 496 g/mol. The van der Waals surface area contributed by atoms with E-state index in [9.17, 15) is 0 Å². The van der Waals surface area contributed by atoms with Crippen LogP contribution in [0.2, 0.25) is 0 Å². The van der Waals surface area contributed by atoms with Gasteiger partial charge in [-0.05, 0) is 48.4 Å². The van der Waals surface area contributed by atoms with Crippen LogP contribution in [0.25, 0.3) is 0 Å². The van der Waals surface area contributed by atoms with Crippen molar-refractivity contribution in [1.82, 2.24) is 4.44 Å². The SMILES string of the molecule is [CH2-][P+]1(N(CCC)P(c2ccccc2)c2ccccc2)[C@@H](c2ccccc2)CC[C@@H]1c1ccccc1. The molecule has 0 bridgehead atoms. The second kappa shape index (κ2) is 11.2. The molecule has 1 aliphatic heterocycles. The van der Waals surface area contributed by atoms with E-state index in [-0.39, 0.29) is 0 Å². The van der Waals surface area contributed by atoms with Crippen LogP contribution in [0.15, 0.2) is 121 Å². The third kappa shape index (κ3) is 4.88. The molecule has 1 fully saturated rings. The van der Waals surface area contributed by atoms with E-state index in [1.807, 2.05) is 0 Å². The summed E-state index contributed by atoms with van der Waals surface area (Å²) in [6, 6.07) is 44.9. The van der Waals surface area contributed by atoms with Gasteiger partial charge in [0.15, 0.2) is 0 Å². The number of hydrogen-bond acceptors (Lipinski definition) is 1. The van der Waals surface area contributed by atoms with E-state index in [0.29, 0.717) is 11.3 Å². The molecule has 35 heavy (non-hydrogen) atoms. The van der Waals surface area contributed by atoms with Gasteiger partial charge >= 0.3 is 0 Å². The number of nitrogens with zero attached hydrogens (tertiary/aromatic N) is 1. The van der Waals surface area contributed by atoms with Crippen molar-refractivity contribution in [3.05, 3.63) is 139 Å². The summed E-state index contributed by atoms with van der Waals surface area (Å²) in [6.45, 7) is 8.72. The van der Waals surface area contributed by atoms with Crippen molar-refractivity contribution in [3.63, 3.8) is 0 Å². The molecule has 178 valence electrons. The highest BCUT2D eigenvalue weighted by Gasteiger charge is 2.55. The number of rotatable bonds is 8. The lowest BCUT2D eigenvalue weighted by atomic mass is 10.0. The largest absolute Gasteiger partial charge is 0.179 e. The Kier molecular flexibility index (Phi) is 7.79. The van der Waals surface area contributed by atoms with E-state index in [4.69, 9.17) is 6.66 Å². The van der Waals surface area contributed by atoms with Gasteiger partial charge in [0.05, 0.1) is 19.4 Å². The second-order valence-electron chi connectivity index (χ2n) is 9.40. The van der Waals surface area contributed by atoms with E-state index in [1.165, 1.54) is 34.6 Å². The zero-order valence-electron chi connectivity index (χ0n) is 20.6. The van der Waals surface area contributed by atoms with E-state index in [2.05, 4.69) is 133 Å². The lowest BCUT2D eigenvalue weighted by Gasteiger charge is -2.49. The van der Waals surface area contributed by atoms with Crippen LogP contribution in [0.5, 0.6) is 0 Å². The minimum Gasteiger partial charge on any atom is -0.179 e. The third-order valence-electron chi connectivity index (χ3n) is 7.25. The Morgan fingerprint density at radius 2 is 1.03 bits per heavy atom. The monoisotopic (exact) mass is 495 g/mol. The second-order valence-corrected chi connectivity index (χ2v) is 15.4. The van der Waals surface area contributed by atoms with Crippen molar-refractivity contribution in [2.45, 2.75) is 37.5 Å². The van der Waals surface area contributed by atoms with E-state index >= 15 is 0 Å². The molecular weight excluding hydrogens is 460 g/mol. The number of hydrogen-bond donors (Lipinski definition) is 0. The van der Waals surface area contributed by atoms with Gasteiger partial charge in [0.1, 0.15) is 0 Å². The van der Waals surface area contributed by atoms with Crippen molar-refractivity contribution >= 4 is 26.1 Å². The van der Waals surface area contributed by atoms with Crippen LogP contribution in [0.4, 0.5) is 0 Å². The molecule has 0 radical (unpaired) electrons. The Bertz CT molecular complexity index is 1090. The molecule has 0 aromatic heterocycles. The van der Waals surface area contributed by atoms with Crippen LogP contribution in [-0.2, 0) is 0 Å². The third-order valence-corrected chi connectivity index (χ3v) is 15.4. The van der Waals surface area contributed by atoms with Gasteiger partial charge in [0.25, 0.3) is 0 Å². The fourth-order valence-electron chi connectivity index (χ4n) is 5.71. The first-order valence-corrected chi connectivity index (χ1v) is 16.1.